The second kappa shape index (κ2) is 4.59. The Kier molecular flexibility index (Phi) is 3.48. The van der Waals surface area contributed by atoms with Gasteiger partial charge in [0.2, 0.25) is 0 Å². The molecule has 0 atom stereocenters. The lowest BCUT2D eigenvalue weighted by atomic mass is 9.86. The van der Waals surface area contributed by atoms with E-state index in [1.165, 1.54) is 0 Å². The van der Waals surface area contributed by atoms with Crippen LogP contribution in [0, 0.1) is 0 Å². The summed E-state index contributed by atoms with van der Waals surface area (Å²) in [6.07, 6.45) is 1.74. The minimum atomic E-state index is -2.86. The van der Waals surface area contributed by atoms with Crippen molar-refractivity contribution in [3.05, 3.63) is 34.9 Å². The number of hydrogen-bond acceptors (Lipinski definition) is 3. The minimum absolute atomic E-state index is 0.198. The number of sulfone groups is 1. The first-order chi connectivity index (χ1) is 7.89. The van der Waals surface area contributed by atoms with Gasteiger partial charge in [0.1, 0.15) is 9.84 Å². The van der Waals surface area contributed by atoms with Crippen molar-refractivity contribution in [3.8, 4) is 0 Å². The van der Waals surface area contributed by atoms with E-state index in [4.69, 9.17) is 17.3 Å². The third kappa shape index (κ3) is 3.44. The second-order valence-corrected chi connectivity index (χ2v) is 7.56. The van der Waals surface area contributed by atoms with E-state index in [9.17, 15) is 8.42 Å². The van der Waals surface area contributed by atoms with E-state index in [0.717, 1.165) is 5.56 Å². The maximum absolute atomic E-state index is 11.4. The van der Waals surface area contributed by atoms with Crippen LogP contribution < -0.4 is 5.73 Å². The molecular formula is C12H16ClNO2S. The zero-order valence-electron chi connectivity index (χ0n) is 9.52. The molecule has 17 heavy (non-hydrogen) atoms. The first kappa shape index (κ1) is 12.9. The van der Waals surface area contributed by atoms with E-state index in [-0.39, 0.29) is 11.5 Å². The molecule has 0 amide bonds. The molecule has 1 fully saturated rings. The van der Waals surface area contributed by atoms with E-state index in [1.807, 2.05) is 24.3 Å². The summed E-state index contributed by atoms with van der Waals surface area (Å²) in [5, 5.41) is 0.689. The normalized spacial score (nSPS) is 22.2. The fourth-order valence-corrected chi connectivity index (χ4v) is 4.03. The Morgan fingerprint density at radius 3 is 2.53 bits per heavy atom. The van der Waals surface area contributed by atoms with Gasteiger partial charge in [-0.1, -0.05) is 23.7 Å². The zero-order chi connectivity index (χ0) is 12.5. The molecule has 1 heterocycles. The number of hydrogen-bond donors (Lipinski definition) is 1. The zero-order valence-corrected chi connectivity index (χ0v) is 11.1. The molecule has 0 saturated carbocycles. The van der Waals surface area contributed by atoms with E-state index in [1.54, 1.807) is 0 Å². The molecule has 5 heteroatoms. The third-order valence-corrected chi connectivity index (χ3v) is 5.15. The maximum atomic E-state index is 11.4. The number of rotatable bonds is 2. The molecule has 0 unspecified atom stereocenters. The van der Waals surface area contributed by atoms with Crippen LogP contribution in [-0.2, 0) is 16.3 Å². The van der Waals surface area contributed by atoms with Crippen LogP contribution in [0.2, 0.25) is 5.02 Å². The van der Waals surface area contributed by atoms with Crippen LogP contribution in [0.3, 0.4) is 0 Å². The van der Waals surface area contributed by atoms with Crippen LogP contribution in [0.1, 0.15) is 18.4 Å². The molecule has 0 radical (unpaired) electrons. The molecular weight excluding hydrogens is 258 g/mol. The van der Waals surface area contributed by atoms with Crippen molar-refractivity contribution in [2.45, 2.75) is 24.8 Å². The molecule has 1 aliphatic heterocycles. The molecule has 0 spiro atoms. The van der Waals surface area contributed by atoms with Gasteiger partial charge in [0.25, 0.3) is 0 Å². The summed E-state index contributed by atoms with van der Waals surface area (Å²) in [6.45, 7) is 0. The lowest BCUT2D eigenvalue weighted by Gasteiger charge is -2.33. The highest BCUT2D eigenvalue weighted by atomic mass is 35.5. The van der Waals surface area contributed by atoms with Gasteiger partial charge in [-0.25, -0.2) is 8.42 Å². The Balaban J connectivity index is 2.09. The molecule has 1 aromatic carbocycles. The summed E-state index contributed by atoms with van der Waals surface area (Å²) in [5.41, 5.74) is 6.92. The lowest BCUT2D eigenvalue weighted by Crippen LogP contribution is -2.48. The van der Waals surface area contributed by atoms with Crippen molar-refractivity contribution < 1.29 is 8.42 Å². The van der Waals surface area contributed by atoms with E-state index in [0.29, 0.717) is 24.3 Å². The second-order valence-electron chi connectivity index (χ2n) is 4.82. The molecule has 0 bridgehead atoms. The van der Waals surface area contributed by atoms with Crippen LogP contribution in [0.25, 0.3) is 0 Å². The predicted molar refractivity (Wildman–Crippen MR) is 70.0 cm³/mol. The number of halogens is 1. The Morgan fingerprint density at radius 2 is 1.94 bits per heavy atom. The molecule has 2 N–H and O–H groups in total. The van der Waals surface area contributed by atoms with E-state index < -0.39 is 15.4 Å². The van der Waals surface area contributed by atoms with Crippen molar-refractivity contribution in [1.29, 1.82) is 0 Å². The van der Waals surface area contributed by atoms with Crippen LogP contribution >= 0.6 is 11.6 Å². The highest BCUT2D eigenvalue weighted by Gasteiger charge is 2.33. The molecule has 1 aliphatic rings. The maximum Gasteiger partial charge on any atom is 0.150 e. The largest absolute Gasteiger partial charge is 0.325 e. The Bertz CT molecular complexity index is 499. The summed E-state index contributed by atoms with van der Waals surface area (Å²) >= 11 is 5.92. The fraction of sp³-hybridized carbons (Fsp3) is 0.500. The molecule has 1 saturated heterocycles. The molecule has 2 rings (SSSR count). The smallest absolute Gasteiger partial charge is 0.150 e. The molecule has 1 aromatic rings. The topological polar surface area (TPSA) is 60.2 Å². The third-order valence-electron chi connectivity index (χ3n) is 3.27. The van der Waals surface area contributed by atoms with Crippen molar-refractivity contribution in [3.63, 3.8) is 0 Å². The van der Waals surface area contributed by atoms with Crippen molar-refractivity contribution in [1.82, 2.24) is 0 Å². The van der Waals surface area contributed by atoms with Gasteiger partial charge in [0.15, 0.2) is 0 Å². The molecule has 94 valence electrons. The van der Waals surface area contributed by atoms with Gasteiger partial charge in [-0.15, -0.1) is 0 Å². The van der Waals surface area contributed by atoms with Gasteiger partial charge in [-0.2, -0.15) is 0 Å². The van der Waals surface area contributed by atoms with Crippen LogP contribution in [0.4, 0.5) is 0 Å². The average molecular weight is 274 g/mol. The van der Waals surface area contributed by atoms with Crippen molar-refractivity contribution in [2.75, 3.05) is 11.5 Å². The van der Waals surface area contributed by atoms with Gasteiger partial charge >= 0.3 is 0 Å². The minimum Gasteiger partial charge on any atom is -0.325 e. The van der Waals surface area contributed by atoms with E-state index >= 15 is 0 Å². The van der Waals surface area contributed by atoms with Crippen molar-refractivity contribution in [2.24, 2.45) is 5.73 Å². The predicted octanol–water partition coefficient (Wildman–Crippen LogP) is 1.79. The van der Waals surface area contributed by atoms with E-state index in [2.05, 4.69) is 0 Å². The quantitative estimate of drug-likeness (QED) is 0.894. The summed E-state index contributed by atoms with van der Waals surface area (Å²) in [4.78, 5) is 0. The highest BCUT2D eigenvalue weighted by molar-refractivity contribution is 7.91. The molecule has 3 nitrogen and oxygen atoms in total. The average Bonchev–Trinajstić information content (AvgIpc) is 2.24. The van der Waals surface area contributed by atoms with Gasteiger partial charge < -0.3 is 5.73 Å². The first-order valence-electron chi connectivity index (χ1n) is 5.62. The Morgan fingerprint density at radius 1 is 1.29 bits per heavy atom. The van der Waals surface area contributed by atoms with Crippen LogP contribution in [0.15, 0.2) is 24.3 Å². The number of benzene rings is 1. The highest BCUT2D eigenvalue weighted by Crippen LogP contribution is 2.26. The van der Waals surface area contributed by atoms with Gasteiger partial charge in [-0.3, -0.25) is 0 Å². The monoisotopic (exact) mass is 273 g/mol. The SMILES string of the molecule is NC1(Cc2cccc(Cl)c2)CCS(=O)(=O)CC1. The fourth-order valence-electron chi connectivity index (χ4n) is 2.17. The van der Waals surface area contributed by atoms with Crippen molar-refractivity contribution >= 4 is 21.4 Å². The van der Waals surface area contributed by atoms with Crippen LogP contribution in [0.5, 0.6) is 0 Å². The van der Waals surface area contributed by atoms with Gasteiger partial charge in [-0.05, 0) is 37.0 Å². The first-order valence-corrected chi connectivity index (χ1v) is 7.82. The van der Waals surface area contributed by atoms with Gasteiger partial charge in [0, 0.05) is 10.6 Å². The Hall–Kier alpha value is -0.580. The lowest BCUT2D eigenvalue weighted by molar-refractivity contribution is 0.379. The summed E-state index contributed by atoms with van der Waals surface area (Å²) < 4.78 is 22.7. The summed E-state index contributed by atoms with van der Waals surface area (Å²) in [7, 11) is -2.86. The Labute approximate surface area is 107 Å². The molecule has 0 aliphatic carbocycles. The molecule has 0 aromatic heterocycles. The standard InChI is InChI=1S/C12H16ClNO2S/c13-11-3-1-2-10(8-11)9-12(14)4-6-17(15,16)7-5-12/h1-3,8H,4-7,9,14H2. The summed E-state index contributed by atoms with van der Waals surface area (Å²) in [6, 6.07) is 7.57. The number of nitrogens with two attached hydrogens (primary N) is 1. The van der Waals surface area contributed by atoms with Gasteiger partial charge in [0.05, 0.1) is 11.5 Å². The van der Waals surface area contributed by atoms with Crippen LogP contribution in [-0.4, -0.2) is 25.5 Å². The summed E-state index contributed by atoms with van der Waals surface area (Å²) in [5.74, 6) is 0.397.